The first-order valence-corrected chi connectivity index (χ1v) is 4.10. The minimum Gasteiger partial charge on any atom is -0.395 e. The van der Waals surface area contributed by atoms with Crippen molar-refractivity contribution in [2.75, 3.05) is 13.2 Å². The second-order valence-corrected chi connectivity index (χ2v) is 2.70. The lowest BCUT2D eigenvalue weighted by Gasteiger charge is -2.05. The zero-order valence-electron chi connectivity index (χ0n) is 7.56. The Morgan fingerprint density at radius 2 is 1.93 bits per heavy atom. The molecule has 0 fully saturated rings. The molecule has 1 aromatic carbocycles. The Morgan fingerprint density at radius 3 is 2.53 bits per heavy atom. The van der Waals surface area contributed by atoms with E-state index in [1.54, 1.807) is 0 Å². The molecule has 0 saturated carbocycles. The second kappa shape index (κ2) is 4.79. The average Bonchev–Trinajstić information content (AvgIpc) is 2.23. The number of hydrogen-bond donors (Lipinski definition) is 2. The van der Waals surface area contributed by atoms with Crippen molar-refractivity contribution >= 4 is 5.91 Å². The number of aliphatic hydroxyl groups excluding tert-OH is 1. The normalized spacial score (nSPS) is 10.1. The van der Waals surface area contributed by atoms with Crippen LogP contribution in [0.5, 0.6) is 0 Å². The fourth-order valence-corrected chi connectivity index (χ4v) is 0.966. The van der Waals surface area contributed by atoms with E-state index >= 15 is 0 Å². The van der Waals surface area contributed by atoms with Crippen molar-refractivity contribution in [1.29, 1.82) is 0 Å². The Balaban J connectivity index is 2.95. The molecule has 3 nitrogen and oxygen atoms in total. The van der Waals surface area contributed by atoms with Gasteiger partial charge in [-0.2, -0.15) is 0 Å². The van der Waals surface area contributed by atoms with Crippen LogP contribution in [0.2, 0.25) is 0 Å². The van der Waals surface area contributed by atoms with Gasteiger partial charge in [0.15, 0.2) is 17.5 Å². The number of nitrogens with one attached hydrogen (secondary N) is 1. The van der Waals surface area contributed by atoms with E-state index in [-0.39, 0.29) is 13.2 Å². The van der Waals surface area contributed by atoms with Crippen LogP contribution in [0.25, 0.3) is 0 Å². The van der Waals surface area contributed by atoms with Crippen molar-refractivity contribution in [3.63, 3.8) is 0 Å². The quantitative estimate of drug-likeness (QED) is 0.739. The molecule has 0 bridgehead atoms. The molecule has 0 aliphatic carbocycles. The maximum Gasteiger partial charge on any atom is 0.254 e. The first kappa shape index (κ1) is 11.5. The third-order valence-electron chi connectivity index (χ3n) is 1.68. The highest BCUT2D eigenvalue weighted by molar-refractivity contribution is 5.94. The van der Waals surface area contributed by atoms with Crippen LogP contribution in [0.4, 0.5) is 13.2 Å². The maximum absolute atomic E-state index is 13.0. The Hall–Kier alpha value is -1.56. The summed E-state index contributed by atoms with van der Waals surface area (Å²) in [7, 11) is 0. The second-order valence-electron chi connectivity index (χ2n) is 2.70. The van der Waals surface area contributed by atoms with Gasteiger partial charge in [-0.25, -0.2) is 13.2 Å². The van der Waals surface area contributed by atoms with Crippen LogP contribution in [0, 0.1) is 17.5 Å². The summed E-state index contributed by atoms with van der Waals surface area (Å²) in [5.74, 6) is -5.48. The van der Waals surface area contributed by atoms with Crippen LogP contribution >= 0.6 is 0 Å². The third-order valence-corrected chi connectivity index (χ3v) is 1.68. The number of hydrogen-bond acceptors (Lipinski definition) is 2. The molecule has 0 aliphatic rings. The number of carbonyl (C=O) groups is 1. The molecule has 6 heteroatoms. The topological polar surface area (TPSA) is 49.3 Å². The predicted octanol–water partition coefficient (Wildman–Crippen LogP) is 0.826. The number of rotatable bonds is 3. The summed E-state index contributed by atoms with van der Waals surface area (Å²) in [6.45, 7) is -0.408. The molecule has 2 N–H and O–H groups in total. The van der Waals surface area contributed by atoms with Crippen molar-refractivity contribution in [2.45, 2.75) is 0 Å². The number of benzene rings is 1. The van der Waals surface area contributed by atoms with E-state index in [1.165, 1.54) is 0 Å². The molecule has 15 heavy (non-hydrogen) atoms. The maximum atomic E-state index is 13.0. The first-order chi connectivity index (χ1) is 7.07. The Kier molecular flexibility index (Phi) is 3.68. The zero-order chi connectivity index (χ0) is 11.4. The fourth-order valence-electron chi connectivity index (χ4n) is 0.966. The van der Waals surface area contributed by atoms with E-state index in [9.17, 15) is 18.0 Å². The van der Waals surface area contributed by atoms with Gasteiger partial charge in [0.1, 0.15) is 0 Å². The van der Waals surface area contributed by atoms with Crippen LogP contribution in [0.3, 0.4) is 0 Å². The molecule has 1 rings (SSSR count). The highest BCUT2D eigenvalue weighted by Gasteiger charge is 2.17. The minimum absolute atomic E-state index is 0.0860. The van der Waals surface area contributed by atoms with Gasteiger partial charge in [0.25, 0.3) is 5.91 Å². The lowest BCUT2D eigenvalue weighted by Crippen LogP contribution is -2.27. The van der Waals surface area contributed by atoms with Gasteiger partial charge in [-0.3, -0.25) is 4.79 Å². The van der Waals surface area contributed by atoms with Crippen molar-refractivity contribution in [1.82, 2.24) is 5.32 Å². The van der Waals surface area contributed by atoms with E-state index < -0.39 is 28.9 Å². The molecular weight excluding hydrogens is 211 g/mol. The minimum atomic E-state index is -1.69. The van der Waals surface area contributed by atoms with Crippen LogP contribution < -0.4 is 5.32 Å². The van der Waals surface area contributed by atoms with Crippen molar-refractivity contribution < 1.29 is 23.1 Å². The Labute approximate surface area is 83.5 Å². The summed E-state index contributed by atoms with van der Waals surface area (Å²) in [5, 5.41) is 10.5. The van der Waals surface area contributed by atoms with E-state index in [2.05, 4.69) is 5.32 Å². The van der Waals surface area contributed by atoms with E-state index in [0.29, 0.717) is 6.07 Å². The highest BCUT2D eigenvalue weighted by atomic mass is 19.2. The molecule has 0 aliphatic heterocycles. The molecule has 0 spiro atoms. The average molecular weight is 219 g/mol. The smallest absolute Gasteiger partial charge is 0.254 e. The monoisotopic (exact) mass is 219 g/mol. The molecule has 0 atom stereocenters. The lowest BCUT2D eigenvalue weighted by atomic mass is 10.2. The Morgan fingerprint density at radius 1 is 1.27 bits per heavy atom. The molecular formula is C9H8F3NO2. The summed E-state index contributed by atoms with van der Waals surface area (Å²) in [6.07, 6.45) is 0. The summed E-state index contributed by atoms with van der Waals surface area (Å²) in [6, 6.07) is 1.49. The number of halogens is 3. The summed E-state index contributed by atoms with van der Waals surface area (Å²) in [4.78, 5) is 11.1. The molecule has 0 heterocycles. The summed E-state index contributed by atoms with van der Waals surface area (Å²) in [5.41, 5.74) is -0.595. The summed E-state index contributed by atoms with van der Waals surface area (Å²) < 4.78 is 38.2. The molecule has 0 unspecified atom stereocenters. The van der Waals surface area contributed by atoms with Crippen LogP contribution in [0.1, 0.15) is 10.4 Å². The van der Waals surface area contributed by atoms with Gasteiger partial charge in [-0.15, -0.1) is 0 Å². The van der Waals surface area contributed by atoms with Crippen molar-refractivity contribution in [2.24, 2.45) is 0 Å². The number of amides is 1. The molecule has 82 valence electrons. The first-order valence-electron chi connectivity index (χ1n) is 4.10. The van der Waals surface area contributed by atoms with E-state index in [0.717, 1.165) is 6.07 Å². The largest absolute Gasteiger partial charge is 0.395 e. The lowest BCUT2D eigenvalue weighted by molar-refractivity contribution is 0.0939. The zero-order valence-corrected chi connectivity index (χ0v) is 7.56. The van der Waals surface area contributed by atoms with Gasteiger partial charge in [0, 0.05) is 6.54 Å². The molecule has 0 saturated heterocycles. The predicted molar refractivity (Wildman–Crippen MR) is 45.7 cm³/mol. The standard InChI is InChI=1S/C9H8F3NO2/c10-6-2-1-5(7(11)8(6)12)9(15)13-3-4-14/h1-2,14H,3-4H2,(H,13,15). The van der Waals surface area contributed by atoms with Crippen molar-refractivity contribution in [3.05, 3.63) is 35.1 Å². The molecule has 1 amide bonds. The molecule has 0 aromatic heterocycles. The van der Waals surface area contributed by atoms with E-state index in [1.807, 2.05) is 0 Å². The Bertz CT molecular complexity index is 382. The van der Waals surface area contributed by atoms with Gasteiger partial charge >= 0.3 is 0 Å². The third kappa shape index (κ3) is 2.47. The fraction of sp³-hybridized carbons (Fsp3) is 0.222. The van der Waals surface area contributed by atoms with Gasteiger partial charge < -0.3 is 10.4 Å². The highest BCUT2D eigenvalue weighted by Crippen LogP contribution is 2.14. The summed E-state index contributed by atoms with van der Waals surface area (Å²) >= 11 is 0. The van der Waals surface area contributed by atoms with Gasteiger partial charge in [0.2, 0.25) is 0 Å². The molecule has 0 radical (unpaired) electrons. The molecule has 1 aromatic rings. The number of carbonyl (C=O) groups excluding carboxylic acids is 1. The van der Waals surface area contributed by atoms with Crippen LogP contribution in [-0.2, 0) is 0 Å². The van der Waals surface area contributed by atoms with E-state index in [4.69, 9.17) is 5.11 Å². The van der Waals surface area contributed by atoms with Gasteiger partial charge in [-0.05, 0) is 12.1 Å². The van der Waals surface area contributed by atoms with Gasteiger partial charge in [-0.1, -0.05) is 0 Å². The van der Waals surface area contributed by atoms with Crippen LogP contribution in [0.15, 0.2) is 12.1 Å². The van der Waals surface area contributed by atoms with Crippen molar-refractivity contribution in [3.8, 4) is 0 Å². The SMILES string of the molecule is O=C(NCCO)c1ccc(F)c(F)c1F. The number of aliphatic hydroxyl groups is 1. The van der Waals surface area contributed by atoms with Crippen LogP contribution in [-0.4, -0.2) is 24.2 Å². The van der Waals surface area contributed by atoms with Gasteiger partial charge in [0.05, 0.1) is 12.2 Å².